The summed E-state index contributed by atoms with van der Waals surface area (Å²) in [5, 5.41) is 14.7. The first-order valence-electron chi connectivity index (χ1n) is 6.06. The van der Waals surface area contributed by atoms with Crippen LogP contribution in [0, 0.1) is 0 Å². The Morgan fingerprint density at radius 1 is 1.35 bits per heavy atom. The zero-order valence-electron chi connectivity index (χ0n) is 9.65. The van der Waals surface area contributed by atoms with Crippen LogP contribution in [0.25, 0.3) is 0 Å². The van der Waals surface area contributed by atoms with E-state index in [2.05, 4.69) is 10.6 Å². The molecule has 3 atom stereocenters. The monoisotopic (exact) mass is 242 g/mol. The Bertz CT molecular complexity index is 302. The van der Waals surface area contributed by atoms with Crippen molar-refractivity contribution < 1.29 is 19.4 Å². The highest BCUT2D eigenvalue weighted by atomic mass is 16.5. The first-order chi connectivity index (χ1) is 8.16. The number of carboxylic acid groups (broad SMARTS) is 1. The first kappa shape index (κ1) is 12.3. The summed E-state index contributed by atoms with van der Waals surface area (Å²) in [5.41, 5.74) is 0. The van der Waals surface area contributed by atoms with Crippen molar-refractivity contribution in [3.8, 4) is 0 Å². The molecule has 17 heavy (non-hydrogen) atoms. The van der Waals surface area contributed by atoms with Crippen LogP contribution in [0.3, 0.4) is 0 Å². The maximum atomic E-state index is 11.7. The molecule has 2 aliphatic heterocycles. The molecule has 1 amide bonds. The molecular formula is C11H18N2O4. The van der Waals surface area contributed by atoms with Gasteiger partial charge < -0.3 is 20.5 Å². The fraction of sp³-hybridized carbons (Fsp3) is 0.818. The van der Waals surface area contributed by atoms with Gasteiger partial charge in [-0.25, -0.2) is 4.79 Å². The lowest BCUT2D eigenvalue weighted by atomic mass is 10.2. The van der Waals surface area contributed by atoms with E-state index in [9.17, 15) is 9.59 Å². The predicted octanol–water partition coefficient (Wildman–Crippen LogP) is -0.513. The smallest absolute Gasteiger partial charge is 0.332 e. The van der Waals surface area contributed by atoms with Crippen LogP contribution in [0.1, 0.15) is 25.7 Å². The molecule has 0 spiro atoms. The molecule has 0 aromatic heterocycles. The molecule has 0 saturated carbocycles. The molecule has 0 aromatic rings. The number of amides is 1. The summed E-state index contributed by atoms with van der Waals surface area (Å²) in [6, 6.07) is -0.0910. The molecule has 2 aliphatic rings. The predicted molar refractivity (Wildman–Crippen MR) is 59.6 cm³/mol. The largest absolute Gasteiger partial charge is 0.479 e. The minimum Gasteiger partial charge on any atom is -0.479 e. The van der Waals surface area contributed by atoms with Crippen LogP contribution in [-0.4, -0.2) is 48.3 Å². The van der Waals surface area contributed by atoms with E-state index in [1.165, 1.54) is 0 Å². The number of carbonyl (C=O) groups excluding carboxylic acids is 1. The quantitative estimate of drug-likeness (QED) is 0.618. The second-order valence-corrected chi connectivity index (χ2v) is 4.56. The topological polar surface area (TPSA) is 87.7 Å². The fourth-order valence-corrected chi connectivity index (χ4v) is 2.28. The number of carboxylic acids is 1. The van der Waals surface area contributed by atoms with Gasteiger partial charge in [0.05, 0.1) is 12.1 Å². The van der Waals surface area contributed by atoms with Crippen molar-refractivity contribution in [1.29, 1.82) is 0 Å². The number of ether oxygens (including phenoxy) is 1. The second-order valence-electron chi connectivity index (χ2n) is 4.56. The molecule has 3 N–H and O–H groups in total. The van der Waals surface area contributed by atoms with Gasteiger partial charge in [-0.2, -0.15) is 0 Å². The van der Waals surface area contributed by atoms with Crippen molar-refractivity contribution in [2.75, 3.05) is 13.1 Å². The van der Waals surface area contributed by atoms with E-state index in [1.54, 1.807) is 0 Å². The van der Waals surface area contributed by atoms with Gasteiger partial charge in [0.2, 0.25) is 5.91 Å². The first-order valence-corrected chi connectivity index (χ1v) is 6.06. The molecule has 6 nitrogen and oxygen atoms in total. The van der Waals surface area contributed by atoms with Crippen LogP contribution < -0.4 is 10.6 Å². The van der Waals surface area contributed by atoms with Gasteiger partial charge in [0, 0.05) is 6.54 Å². The van der Waals surface area contributed by atoms with Gasteiger partial charge in [-0.15, -0.1) is 0 Å². The fourth-order valence-electron chi connectivity index (χ4n) is 2.28. The Morgan fingerprint density at radius 3 is 2.76 bits per heavy atom. The molecular weight excluding hydrogens is 224 g/mol. The lowest BCUT2D eigenvalue weighted by molar-refractivity contribution is -0.149. The van der Waals surface area contributed by atoms with Gasteiger partial charge in [-0.1, -0.05) is 0 Å². The van der Waals surface area contributed by atoms with Gasteiger partial charge in [0.1, 0.15) is 0 Å². The number of nitrogens with one attached hydrogen (secondary N) is 2. The highest BCUT2D eigenvalue weighted by Crippen LogP contribution is 2.19. The van der Waals surface area contributed by atoms with Crippen molar-refractivity contribution in [3.63, 3.8) is 0 Å². The summed E-state index contributed by atoms with van der Waals surface area (Å²) in [6.45, 7) is 1.29. The Balaban J connectivity index is 1.68. The molecule has 2 rings (SSSR count). The maximum Gasteiger partial charge on any atom is 0.332 e. The maximum absolute atomic E-state index is 11.7. The van der Waals surface area contributed by atoms with E-state index in [0.717, 1.165) is 19.4 Å². The highest BCUT2D eigenvalue weighted by molar-refractivity contribution is 5.82. The van der Waals surface area contributed by atoms with E-state index in [0.29, 0.717) is 19.4 Å². The van der Waals surface area contributed by atoms with Crippen molar-refractivity contribution in [3.05, 3.63) is 0 Å². The Hall–Kier alpha value is -1.14. The molecule has 2 heterocycles. The van der Waals surface area contributed by atoms with Gasteiger partial charge in [-0.3, -0.25) is 4.79 Å². The van der Waals surface area contributed by atoms with Crippen LogP contribution in [0.2, 0.25) is 0 Å². The Labute approximate surface area is 99.7 Å². The second kappa shape index (κ2) is 5.46. The molecule has 0 aliphatic carbocycles. The lowest BCUT2D eigenvalue weighted by Gasteiger charge is -2.15. The van der Waals surface area contributed by atoms with Crippen LogP contribution >= 0.6 is 0 Å². The number of hydrogen-bond donors (Lipinski definition) is 3. The third-order valence-corrected chi connectivity index (χ3v) is 3.26. The average Bonchev–Trinajstić information content (AvgIpc) is 2.97. The van der Waals surface area contributed by atoms with Gasteiger partial charge in [0.25, 0.3) is 0 Å². The Morgan fingerprint density at radius 2 is 2.18 bits per heavy atom. The van der Waals surface area contributed by atoms with Crippen molar-refractivity contribution in [1.82, 2.24) is 10.6 Å². The zero-order valence-corrected chi connectivity index (χ0v) is 9.65. The standard InChI is InChI=1S/C11H18N2O4/c14-10(8-2-1-5-12-8)13-6-7-3-4-9(17-7)11(15)16/h7-9,12H,1-6H2,(H,13,14)(H,15,16)/t7?,8-,9?/m0/s1. The summed E-state index contributed by atoms with van der Waals surface area (Å²) in [6.07, 6.45) is 2.24. The van der Waals surface area contributed by atoms with Crippen molar-refractivity contribution in [2.45, 2.75) is 43.9 Å². The normalized spacial score (nSPS) is 32.6. The summed E-state index contributed by atoms with van der Waals surface area (Å²) >= 11 is 0. The molecule has 0 radical (unpaired) electrons. The van der Waals surface area contributed by atoms with Gasteiger partial charge >= 0.3 is 5.97 Å². The number of hydrogen-bond acceptors (Lipinski definition) is 4. The van der Waals surface area contributed by atoms with E-state index in [-0.39, 0.29) is 18.1 Å². The summed E-state index contributed by atoms with van der Waals surface area (Å²) in [4.78, 5) is 22.3. The van der Waals surface area contributed by atoms with Crippen molar-refractivity contribution >= 4 is 11.9 Å². The third-order valence-electron chi connectivity index (χ3n) is 3.26. The lowest BCUT2D eigenvalue weighted by Crippen LogP contribution is -2.43. The minimum absolute atomic E-state index is 0.00937. The number of carbonyl (C=O) groups is 2. The van der Waals surface area contributed by atoms with E-state index < -0.39 is 12.1 Å². The summed E-state index contributed by atoms with van der Waals surface area (Å²) in [7, 11) is 0. The van der Waals surface area contributed by atoms with Crippen molar-refractivity contribution in [2.24, 2.45) is 0 Å². The SMILES string of the molecule is O=C(O)C1CCC(CNC(=O)[C@@H]2CCCN2)O1. The highest BCUT2D eigenvalue weighted by Gasteiger charge is 2.31. The van der Waals surface area contributed by atoms with E-state index >= 15 is 0 Å². The van der Waals surface area contributed by atoms with Crippen LogP contribution in [0.5, 0.6) is 0 Å². The molecule has 0 bridgehead atoms. The molecule has 2 unspecified atom stereocenters. The summed E-state index contributed by atoms with van der Waals surface area (Å²) < 4.78 is 5.30. The van der Waals surface area contributed by atoms with Gasteiger partial charge in [-0.05, 0) is 32.2 Å². The number of rotatable bonds is 4. The average molecular weight is 242 g/mol. The Kier molecular flexibility index (Phi) is 3.96. The molecule has 2 fully saturated rings. The molecule has 6 heteroatoms. The minimum atomic E-state index is -0.920. The molecule has 96 valence electrons. The van der Waals surface area contributed by atoms with Crippen LogP contribution in [0.15, 0.2) is 0 Å². The van der Waals surface area contributed by atoms with Crippen LogP contribution in [0.4, 0.5) is 0 Å². The zero-order chi connectivity index (χ0) is 12.3. The van der Waals surface area contributed by atoms with E-state index in [4.69, 9.17) is 9.84 Å². The van der Waals surface area contributed by atoms with Gasteiger partial charge in [0.15, 0.2) is 6.10 Å². The third kappa shape index (κ3) is 3.17. The summed E-state index contributed by atoms with van der Waals surface area (Å²) in [5.74, 6) is -0.929. The number of aliphatic carboxylic acids is 1. The molecule has 0 aromatic carbocycles. The molecule has 2 saturated heterocycles. The van der Waals surface area contributed by atoms with E-state index in [1.807, 2.05) is 0 Å². The van der Waals surface area contributed by atoms with Crippen LogP contribution in [-0.2, 0) is 14.3 Å².